The topological polar surface area (TPSA) is 99.1 Å². The average Bonchev–Trinajstić information content (AvgIpc) is 3.27. The van der Waals surface area contributed by atoms with Gasteiger partial charge in [0.25, 0.3) is 0 Å². The molecule has 0 saturated carbocycles. The van der Waals surface area contributed by atoms with Crippen molar-refractivity contribution in [1.29, 1.82) is 0 Å². The zero-order valence-corrected chi connectivity index (χ0v) is 42.7. The Morgan fingerprint density at radius 2 is 0.815 bits per heavy atom. The van der Waals surface area contributed by atoms with E-state index >= 15 is 0 Å². The third-order valence-corrected chi connectivity index (χ3v) is 11.6. The molecule has 0 aliphatic rings. The van der Waals surface area contributed by atoms with E-state index in [4.69, 9.17) is 14.2 Å². The van der Waals surface area contributed by atoms with Crippen LogP contribution in [0.15, 0.2) is 72.9 Å². The molecule has 0 aromatic heterocycles. The number of carbonyl (C=O) groups excluding carboxylic acids is 2. The fraction of sp³-hybridized carbons (Fsp3) is 0.737. The molecule has 0 saturated heterocycles. The second-order valence-electron chi connectivity index (χ2n) is 18.8. The van der Waals surface area contributed by atoms with Crippen LogP contribution in [0.1, 0.15) is 219 Å². The van der Waals surface area contributed by atoms with Gasteiger partial charge in [0.15, 0.2) is 12.1 Å². The second-order valence-corrected chi connectivity index (χ2v) is 18.8. The molecule has 0 aromatic carbocycles. The molecule has 0 heterocycles. The Morgan fingerprint density at radius 3 is 1.28 bits per heavy atom. The molecule has 0 spiro atoms. The highest BCUT2D eigenvalue weighted by Gasteiger charge is 2.31. The van der Waals surface area contributed by atoms with E-state index in [9.17, 15) is 19.5 Å². The zero-order valence-electron chi connectivity index (χ0n) is 42.7. The summed E-state index contributed by atoms with van der Waals surface area (Å²) in [7, 11) is 5.52. The maximum atomic E-state index is 12.8. The molecule has 8 nitrogen and oxygen atoms in total. The summed E-state index contributed by atoms with van der Waals surface area (Å²) in [6.45, 7) is 4.67. The maximum absolute atomic E-state index is 12.8. The van der Waals surface area contributed by atoms with Crippen LogP contribution in [0.3, 0.4) is 0 Å². The monoisotopic (exact) mass is 911 g/mol. The lowest BCUT2D eigenvalue weighted by Gasteiger charge is -2.31. The molecule has 2 unspecified atom stereocenters. The van der Waals surface area contributed by atoms with Gasteiger partial charge in [-0.3, -0.25) is 9.59 Å². The number of hydrogen-bond donors (Lipinski definition) is 1. The highest BCUT2D eigenvalue weighted by molar-refractivity contribution is 5.72. The van der Waals surface area contributed by atoms with E-state index in [1.54, 1.807) is 0 Å². The molecule has 0 radical (unpaired) electrons. The van der Waals surface area contributed by atoms with Crippen molar-refractivity contribution in [3.05, 3.63) is 72.9 Å². The van der Waals surface area contributed by atoms with Crippen molar-refractivity contribution in [3.8, 4) is 0 Å². The van der Waals surface area contributed by atoms with Crippen LogP contribution in [0.4, 0.5) is 0 Å². The van der Waals surface area contributed by atoms with Crippen molar-refractivity contribution in [2.45, 2.75) is 231 Å². The Kier molecular flexibility index (Phi) is 44.9. The number of allylic oxidation sites excluding steroid dienone is 12. The van der Waals surface area contributed by atoms with Crippen molar-refractivity contribution in [3.63, 3.8) is 0 Å². The van der Waals surface area contributed by atoms with Gasteiger partial charge in [-0.1, -0.05) is 183 Å². The molecule has 2 atom stereocenters. The first kappa shape index (κ1) is 61.8. The SMILES string of the molecule is CCCCC/C=C/C/C=C/C/C=C/C/C=C/C/C=C/CCCCC(=O)OCC(COCCC(C(=O)O)[N+](C)(C)C)OC(=O)CCCCCCCCC/C=C/CCCCCCCCCCC. The number of carboxylic acid groups (broad SMARTS) is 1. The van der Waals surface area contributed by atoms with Gasteiger partial charge < -0.3 is 23.8 Å². The normalized spacial score (nSPS) is 13.4. The van der Waals surface area contributed by atoms with E-state index in [0.29, 0.717) is 25.7 Å². The first-order valence-electron chi connectivity index (χ1n) is 26.5. The number of esters is 2. The molecule has 0 aliphatic carbocycles. The van der Waals surface area contributed by atoms with Crippen LogP contribution in [0.25, 0.3) is 0 Å². The number of ether oxygens (including phenoxy) is 3. The number of rotatable bonds is 47. The van der Waals surface area contributed by atoms with Gasteiger partial charge in [0, 0.05) is 19.3 Å². The zero-order chi connectivity index (χ0) is 47.7. The van der Waals surface area contributed by atoms with Crippen molar-refractivity contribution in [1.82, 2.24) is 0 Å². The Labute approximate surface area is 400 Å². The second kappa shape index (κ2) is 47.3. The third kappa shape index (κ3) is 45.7. The van der Waals surface area contributed by atoms with E-state index < -0.39 is 18.1 Å². The lowest BCUT2D eigenvalue weighted by atomic mass is 10.1. The Balaban J connectivity index is 4.33. The molecule has 374 valence electrons. The fourth-order valence-corrected chi connectivity index (χ4v) is 7.46. The van der Waals surface area contributed by atoms with E-state index in [1.807, 2.05) is 21.1 Å². The Hall–Kier alpha value is -3.23. The summed E-state index contributed by atoms with van der Waals surface area (Å²) in [6, 6.07) is -0.626. The fourth-order valence-electron chi connectivity index (χ4n) is 7.46. The predicted octanol–water partition coefficient (Wildman–Crippen LogP) is 15.5. The van der Waals surface area contributed by atoms with Crippen LogP contribution in [0, 0.1) is 0 Å². The molecule has 0 aromatic rings. The van der Waals surface area contributed by atoms with Gasteiger partial charge in [0.05, 0.1) is 34.4 Å². The van der Waals surface area contributed by atoms with E-state index in [2.05, 4.69) is 86.8 Å². The quantitative estimate of drug-likeness (QED) is 0.0281. The van der Waals surface area contributed by atoms with E-state index in [-0.39, 0.29) is 36.2 Å². The van der Waals surface area contributed by atoms with Gasteiger partial charge in [-0.2, -0.15) is 0 Å². The van der Waals surface area contributed by atoms with Gasteiger partial charge >= 0.3 is 17.9 Å². The van der Waals surface area contributed by atoms with Crippen molar-refractivity contribution >= 4 is 17.9 Å². The first-order chi connectivity index (χ1) is 31.6. The van der Waals surface area contributed by atoms with E-state index in [1.165, 1.54) is 122 Å². The lowest BCUT2D eigenvalue weighted by Crippen LogP contribution is -2.50. The summed E-state index contributed by atoms with van der Waals surface area (Å²) in [5, 5.41) is 9.66. The van der Waals surface area contributed by atoms with Crippen LogP contribution in [0.2, 0.25) is 0 Å². The summed E-state index contributed by atoms with van der Waals surface area (Å²) in [5.41, 5.74) is 0. The highest BCUT2D eigenvalue weighted by Crippen LogP contribution is 2.14. The van der Waals surface area contributed by atoms with Gasteiger partial charge in [-0.25, -0.2) is 4.79 Å². The van der Waals surface area contributed by atoms with Crippen LogP contribution in [0.5, 0.6) is 0 Å². The summed E-state index contributed by atoms with van der Waals surface area (Å²) in [5.74, 6) is -1.53. The summed E-state index contributed by atoms with van der Waals surface area (Å²) in [6.07, 6.45) is 61.0. The van der Waals surface area contributed by atoms with Crippen molar-refractivity contribution in [2.24, 2.45) is 0 Å². The van der Waals surface area contributed by atoms with Gasteiger partial charge in [-0.05, 0) is 89.9 Å². The third-order valence-electron chi connectivity index (χ3n) is 11.6. The average molecular weight is 911 g/mol. The molecular weight excluding hydrogens is 811 g/mol. The molecule has 0 amide bonds. The largest absolute Gasteiger partial charge is 0.477 e. The smallest absolute Gasteiger partial charge is 0.362 e. The summed E-state index contributed by atoms with van der Waals surface area (Å²) >= 11 is 0. The molecule has 0 fully saturated rings. The van der Waals surface area contributed by atoms with Crippen LogP contribution in [-0.4, -0.2) is 80.6 Å². The van der Waals surface area contributed by atoms with Gasteiger partial charge in [0.1, 0.15) is 6.61 Å². The predicted molar refractivity (Wildman–Crippen MR) is 275 cm³/mol. The Bertz CT molecular complexity index is 1290. The minimum atomic E-state index is -0.882. The minimum Gasteiger partial charge on any atom is -0.477 e. The molecular formula is C57H100NO7+. The number of nitrogens with zero attached hydrogens (tertiary/aromatic N) is 1. The number of hydrogen-bond acceptors (Lipinski definition) is 6. The highest BCUT2D eigenvalue weighted by atomic mass is 16.6. The summed E-state index contributed by atoms with van der Waals surface area (Å²) in [4.78, 5) is 37.2. The molecule has 8 heteroatoms. The molecule has 0 bridgehead atoms. The van der Waals surface area contributed by atoms with Crippen LogP contribution < -0.4 is 0 Å². The summed E-state index contributed by atoms with van der Waals surface area (Å²) < 4.78 is 17.3. The minimum absolute atomic E-state index is 0.0428. The number of quaternary nitrogens is 1. The Morgan fingerprint density at radius 1 is 0.462 bits per heavy atom. The maximum Gasteiger partial charge on any atom is 0.362 e. The number of aliphatic carboxylic acids is 1. The van der Waals surface area contributed by atoms with Crippen molar-refractivity contribution in [2.75, 3.05) is 41.0 Å². The van der Waals surface area contributed by atoms with Crippen LogP contribution >= 0.6 is 0 Å². The standard InChI is InChI=1S/C57H99NO7/c1-6-8-10-12-14-16-18-20-22-24-26-28-30-31-33-35-37-39-41-43-45-47-55(59)64-52-53(51-63-50-49-54(57(61)62)58(3,4)5)65-56(60)48-46-44-42-40-38-36-34-32-29-27-25-23-21-19-17-15-13-11-9-7-2/h14,16,20,22,26-29,31,33,37,39,53-54H,6-13,15,17-19,21,23-25,30,32,34-36,38,40-52H2,1-5H3/p+1/b16-14+,22-20+,28-26+,29-27+,33-31+,39-37+. The van der Waals surface area contributed by atoms with Gasteiger partial charge in [-0.15, -0.1) is 0 Å². The molecule has 1 N–H and O–H groups in total. The van der Waals surface area contributed by atoms with Crippen LogP contribution in [-0.2, 0) is 28.6 Å². The molecule has 0 rings (SSSR count). The number of carboxylic acids is 1. The van der Waals surface area contributed by atoms with Gasteiger partial charge in [0.2, 0.25) is 0 Å². The lowest BCUT2D eigenvalue weighted by molar-refractivity contribution is -0.887. The molecule has 0 aliphatic heterocycles. The molecule has 65 heavy (non-hydrogen) atoms. The number of carbonyl (C=O) groups is 3. The number of unbranched alkanes of at least 4 members (excludes halogenated alkanes) is 21. The number of likely N-dealkylation sites (N-methyl/N-ethyl adjacent to an activating group) is 1. The van der Waals surface area contributed by atoms with Crippen molar-refractivity contribution < 1.29 is 38.2 Å². The van der Waals surface area contributed by atoms with E-state index in [0.717, 1.165) is 57.8 Å². The first-order valence-corrected chi connectivity index (χ1v) is 26.5.